The molecule has 0 atom stereocenters. The van der Waals surface area contributed by atoms with E-state index in [0.717, 1.165) is 0 Å². The molecule has 18 heavy (non-hydrogen) atoms. The number of hydrogen-bond donors (Lipinski definition) is 1. The van der Waals surface area contributed by atoms with Gasteiger partial charge in [0, 0.05) is 20.1 Å². The van der Waals surface area contributed by atoms with Gasteiger partial charge in [-0.05, 0) is 23.1 Å². The average Bonchev–Trinajstić information content (AvgIpc) is 2.28. The van der Waals surface area contributed by atoms with Crippen LogP contribution in [0.4, 0.5) is 4.79 Å². The zero-order chi connectivity index (χ0) is 13.8. The van der Waals surface area contributed by atoms with Crippen LogP contribution in [-0.4, -0.2) is 31.1 Å². The first-order valence-electron chi connectivity index (χ1n) is 6.08. The van der Waals surface area contributed by atoms with Crippen LogP contribution in [0.3, 0.4) is 0 Å². The third-order valence-corrected chi connectivity index (χ3v) is 2.70. The standard InChI is InChI=1S/C14H22N2O2/c1-14(2,3)11-5-7-12(8-6-11)18-13(17)16(4)10-9-15/h5-8H,9-10,15H2,1-4H3. The van der Waals surface area contributed by atoms with Crippen molar-refractivity contribution in [2.24, 2.45) is 5.73 Å². The molecule has 4 nitrogen and oxygen atoms in total. The lowest BCUT2D eigenvalue weighted by Gasteiger charge is -2.19. The molecule has 1 aromatic carbocycles. The van der Waals surface area contributed by atoms with Crippen LogP contribution in [0.15, 0.2) is 24.3 Å². The van der Waals surface area contributed by atoms with Crippen LogP contribution >= 0.6 is 0 Å². The van der Waals surface area contributed by atoms with Gasteiger partial charge in [-0.1, -0.05) is 32.9 Å². The van der Waals surface area contributed by atoms with Gasteiger partial charge in [0.2, 0.25) is 0 Å². The lowest BCUT2D eigenvalue weighted by Crippen LogP contribution is -2.33. The second-order valence-electron chi connectivity index (χ2n) is 5.35. The predicted octanol–water partition coefficient (Wildman–Crippen LogP) is 2.37. The van der Waals surface area contributed by atoms with Crippen LogP contribution in [-0.2, 0) is 5.41 Å². The van der Waals surface area contributed by atoms with E-state index in [-0.39, 0.29) is 11.5 Å². The number of carbonyl (C=O) groups excluding carboxylic acids is 1. The molecule has 2 N–H and O–H groups in total. The number of carbonyl (C=O) groups is 1. The lowest BCUT2D eigenvalue weighted by molar-refractivity contribution is 0.164. The van der Waals surface area contributed by atoms with Crippen molar-refractivity contribution in [2.75, 3.05) is 20.1 Å². The van der Waals surface area contributed by atoms with Crippen molar-refractivity contribution < 1.29 is 9.53 Å². The Kier molecular flexibility index (Phi) is 4.73. The van der Waals surface area contributed by atoms with Crippen LogP contribution in [0.1, 0.15) is 26.3 Å². The van der Waals surface area contributed by atoms with Crippen LogP contribution < -0.4 is 10.5 Å². The fourth-order valence-electron chi connectivity index (χ4n) is 1.49. The minimum Gasteiger partial charge on any atom is -0.410 e. The van der Waals surface area contributed by atoms with Gasteiger partial charge in [-0.2, -0.15) is 0 Å². The van der Waals surface area contributed by atoms with E-state index in [1.54, 1.807) is 7.05 Å². The lowest BCUT2D eigenvalue weighted by atomic mass is 9.87. The predicted molar refractivity (Wildman–Crippen MR) is 72.9 cm³/mol. The summed E-state index contributed by atoms with van der Waals surface area (Å²) in [7, 11) is 1.67. The highest BCUT2D eigenvalue weighted by molar-refractivity contribution is 5.70. The number of likely N-dealkylation sites (N-methyl/N-ethyl adjacent to an activating group) is 1. The van der Waals surface area contributed by atoms with E-state index >= 15 is 0 Å². The molecule has 0 unspecified atom stereocenters. The van der Waals surface area contributed by atoms with Crippen molar-refractivity contribution in [1.29, 1.82) is 0 Å². The summed E-state index contributed by atoms with van der Waals surface area (Å²) in [5.74, 6) is 0.553. The molecule has 0 spiro atoms. The number of nitrogens with two attached hydrogens (primary N) is 1. The van der Waals surface area contributed by atoms with E-state index in [0.29, 0.717) is 18.8 Å². The summed E-state index contributed by atoms with van der Waals surface area (Å²) in [6.07, 6.45) is -0.385. The first-order chi connectivity index (χ1) is 8.34. The van der Waals surface area contributed by atoms with Crippen molar-refractivity contribution in [3.05, 3.63) is 29.8 Å². The number of benzene rings is 1. The Hall–Kier alpha value is -1.55. The minimum absolute atomic E-state index is 0.0961. The van der Waals surface area contributed by atoms with Crippen molar-refractivity contribution in [1.82, 2.24) is 4.90 Å². The summed E-state index contributed by atoms with van der Waals surface area (Å²) in [6.45, 7) is 7.34. The molecule has 0 aromatic heterocycles. The summed E-state index contributed by atoms with van der Waals surface area (Å²) >= 11 is 0. The third-order valence-electron chi connectivity index (χ3n) is 2.70. The van der Waals surface area contributed by atoms with Gasteiger partial charge in [-0.25, -0.2) is 4.79 Å². The largest absolute Gasteiger partial charge is 0.415 e. The van der Waals surface area contributed by atoms with Gasteiger partial charge < -0.3 is 15.4 Å². The minimum atomic E-state index is -0.385. The molecule has 0 bridgehead atoms. The third kappa shape index (κ3) is 4.04. The van der Waals surface area contributed by atoms with Crippen LogP contribution in [0.2, 0.25) is 0 Å². The van der Waals surface area contributed by atoms with E-state index in [2.05, 4.69) is 20.8 Å². The van der Waals surface area contributed by atoms with Gasteiger partial charge in [-0.15, -0.1) is 0 Å². The molecule has 0 aliphatic heterocycles. The van der Waals surface area contributed by atoms with Gasteiger partial charge in [0.05, 0.1) is 0 Å². The van der Waals surface area contributed by atoms with Gasteiger partial charge in [0.1, 0.15) is 5.75 Å². The summed E-state index contributed by atoms with van der Waals surface area (Å²) in [4.78, 5) is 13.1. The summed E-state index contributed by atoms with van der Waals surface area (Å²) in [6, 6.07) is 7.58. The zero-order valence-corrected chi connectivity index (χ0v) is 11.6. The molecule has 0 saturated heterocycles. The van der Waals surface area contributed by atoms with Gasteiger partial charge in [0.25, 0.3) is 0 Å². The molecular formula is C14H22N2O2. The first-order valence-corrected chi connectivity index (χ1v) is 6.08. The molecule has 1 rings (SSSR count). The summed E-state index contributed by atoms with van der Waals surface area (Å²) < 4.78 is 5.23. The van der Waals surface area contributed by atoms with E-state index in [1.807, 2.05) is 24.3 Å². The van der Waals surface area contributed by atoms with E-state index < -0.39 is 0 Å². The summed E-state index contributed by atoms with van der Waals surface area (Å²) in [5.41, 5.74) is 6.68. The number of nitrogens with zero attached hydrogens (tertiary/aromatic N) is 1. The quantitative estimate of drug-likeness (QED) is 0.896. The molecule has 1 aromatic rings. The van der Waals surface area contributed by atoms with Crippen molar-refractivity contribution in [3.63, 3.8) is 0 Å². The maximum Gasteiger partial charge on any atom is 0.415 e. The van der Waals surface area contributed by atoms with E-state index in [1.165, 1.54) is 10.5 Å². The molecule has 0 fully saturated rings. The first kappa shape index (κ1) is 14.5. The van der Waals surface area contributed by atoms with Gasteiger partial charge in [-0.3, -0.25) is 0 Å². The zero-order valence-electron chi connectivity index (χ0n) is 11.6. The maximum atomic E-state index is 11.6. The van der Waals surface area contributed by atoms with Crippen molar-refractivity contribution >= 4 is 6.09 Å². The molecule has 0 heterocycles. The highest BCUT2D eigenvalue weighted by Gasteiger charge is 2.14. The molecule has 0 saturated carbocycles. The Morgan fingerprint density at radius 3 is 2.28 bits per heavy atom. The smallest absolute Gasteiger partial charge is 0.410 e. The molecule has 4 heteroatoms. The highest BCUT2D eigenvalue weighted by Crippen LogP contribution is 2.24. The average molecular weight is 250 g/mol. The maximum absolute atomic E-state index is 11.6. The van der Waals surface area contributed by atoms with Crippen molar-refractivity contribution in [2.45, 2.75) is 26.2 Å². The SMILES string of the molecule is CN(CCN)C(=O)Oc1ccc(C(C)(C)C)cc1. The van der Waals surface area contributed by atoms with Gasteiger partial charge in [0.15, 0.2) is 0 Å². The molecule has 0 aliphatic rings. The number of amides is 1. The highest BCUT2D eigenvalue weighted by atomic mass is 16.6. The van der Waals surface area contributed by atoms with Crippen LogP contribution in [0, 0.1) is 0 Å². The second-order valence-corrected chi connectivity index (χ2v) is 5.35. The molecule has 1 amide bonds. The Balaban J connectivity index is 2.67. The van der Waals surface area contributed by atoms with Gasteiger partial charge >= 0.3 is 6.09 Å². The number of rotatable bonds is 3. The number of ether oxygens (including phenoxy) is 1. The molecular weight excluding hydrogens is 228 g/mol. The van der Waals surface area contributed by atoms with Crippen LogP contribution in [0.5, 0.6) is 5.75 Å². The Bertz CT molecular complexity index is 393. The summed E-state index contributed by atoms with van der Waals surface area (Å²) in [5, 5.41) is 0. The molecule has 0 radical (unpaired) electrons. The monoisotopic (exact) mass is 250 g/mol. The van der Waals surface area contributed by atoms with Crippen LogP contribution in [0.25, 0.3) is 0 Å². The normalized spacial score (nSPS) is 11.2. The fraction of sp³-hybridized carbons (Fsp3) is 0.500. The fourth-order valence-corrected chi connectivity index (χ4v) is 1.49. The Labute approximate surface area is 109 Å². The Morgan fingerprint density at radius 2 is 1.83 bits per heavy atom. The van der Waals surface area contributed by atoms with Crippen molar-refractivity contribution in [3.8, 4) is 5.75 Å². The molecule has 100 valence electrons. The van der Waals surface area contributed by atoms with E-state index in [4.69, 9.17) is 10.5 Å². The molecule has 0 aliphatic carbocycles. The second kappa shape index (κ2) is 5.87. The Morgan fingerprint density at radius 1 is 1.28 bits per heavy atom. The van der Waals surface area contributed by atoms with E-state index in [9.17, 15) is 4.79 Å². The topological polar surface area (TPSA) is 55.6 Å². The number of hydrogen-bond acceptors (Lipinski definition) is 3.